The number of rotatable bonds is 5. The van der Waals surface area contributed by atoms with Crippen LogP contribution in [-0.4, -0.2) is 18.2 Å². The quantitative estimate of drug-likeness (QED) is 0.629. The molecule has 1 N–H and O–H groups in total. The molecule has 1 aromatic carbocycles. The van der Waals surface area contributed by atoms with E-state index in [1.165, 1.54) is 7.11 Å². The standard InChI is InChI=1S/C14H18O3/c1-3-4-10-12(14(16)17-2)13(15)11-8-6-5-7-9-11/h4-10,12-13,15H,3H2,1-2H3/b10-4+/t12-,13-/m0/s1. The van der Waals surface area contributed by atoms with E-state index in [-0.39, 0.29) is 0 Å². The van der Waals surface area contributed by atoms with Crippen molar-refractivity contribution in [3.05, 3.63) is 48.0 Å². The van der Waals surface area contributed by atoms with Crippen molar-refractivity contribution in [3.63, 3.8) is 0 Å². The zero-order valence-electron chi connectivity index (χ0n) is 10.2. The highest BCUT2D eigenvalue weighted by Gasteiger charge is 2.26. The van der Waals surface area contributed by atoms with Gasteiger partial charge in [-0.25, -0.2) is 0 Å². The Balaban J connectivity index is 2.90. The highest BCUT2D eigenvalue weighted by atomic mass is 16.5. The largest absolute Gasteiger partial charge is 0.468 e. The number of allylic oxidation sites excluding steroid dienone is 1. The van der Waals surface area contributed by atoms with Crippen LogP contribution in [0.1, 0.15) is 25.0 Å². The molecule has 0 amide bonds. The third kappa shape index (κ3) is 3.71. The first-order chi connectivity index (χ1) is 8.20. The minimum atomic E-state index is -0.869. The summed E-state index contributed by atoms with van der Waals surface area (Å²) in [6.07, 6.45) is 3.50. The fourth-order valence-corrected chi connectivity index (χ4v) is 1.59. The van der Waals surface area contributed by atoms with Gasteiger partial charge in [0.05, 0.1) is 13.2 Å². The summed E-state index contributed by atoms with van der Waals surface area (Å²) in [5, 5.41) is 10.2. The summed E-state index contributed by atoms with van der Waals surface area (Å²) in [5.41, 5.74) is 0.712. The summed E-state index contributed by atoms with van der Waals surface area (Å²) in [6.45, 7) is 1.97. The molecule has 1 rings (SSSR count). The molecule has 0 bridgehead atoms. The third-order valence-corrected chi connectivity index (χ3v) is 2.53. The van der Waals surface area contributed by atoms with Gasteiger partial charge in [-0.3, -0.25) is 4.79 Å². The Morgan fingerprint density at radius 3 is 2.59 bits per heavy atom. The monoisotopic (exact) mass is 234 g/mol. The average Bonchev–Trinajstić information content (AvgIpc) is 2.39. The van der Waals surface area contributed by atoms with Gasteiger partial charge in [0.2, 0.25) is 0 Å². The number of hydrogen-bond acceptors (Lipinski definition) is 3. The van der Waals surface area contributed by atoms with Crippen LogP contribution < -0.4 is 0 Å². The van der Waals surface area contributed by atoms with E-state index in [1.807, 2.05) is 31.2 Å². The lowest BCUT2D eigenvalue weighted by atomic mass is 9.95. The highest BCUT2D eigenvalue weighted by Crippen LogP contribution is 2.24. The molecule has 0 spiro atoms. The zero-order valence-corrected chi connectivity index (χ0v) is 10.2. The van der Waals surface area contributed by atoms with Crippen LogP contribution >= 0.6 is 0 Å². The van der Waals surface area contributed by atoms with Crippen molar-refractivity contribution in [2.75, 3.05) is 7.11 Å². The molecule has 0 saturated carbocycles. The molecule has 2 atom stereocenters. The van der Waals surface area contributed by atoms with Crippen molar-refractivity contribution >= 4 is 5.97 Å². The highest BCUT2D eigenvalue weighted by molar-refractivity contribution is 5.75. The van der Waals surface area contributed by atoms with Crippen molar-refractivity contribution in [3.8, 4) is 0 Å². The van der Waals surface area contributed by atoms with Crippen LogP contribution in [0.5, 0.6) is 0 Å². The zero-order chi connectivity index (χ0) is 12.7. The van der Waals surface area contributed by atoms with Crippen molar-refractivity contribution in [2.45, 2.75) is 19.4 Å². The van der Waals surface area contributed by atoms with Gasteiger partial charge in [0.25, 0.3) is 0 Å². The number of carbonyl (C=O) groups excluding carboxylic acids is 1. The molecule has 0 saturated heterocycles. The Hall–Kier alpha value is -1.61. The lowest BCUT2D eigenvalue weighted by molar-refractivity contribution is -0.147. The predicted octanol–water partition coefficient (Wildman–Crippen LogP) is 2.48. The van der Waals surface area contributed by atoms with Crippen LogP contribution in [-0.2, 0) is 9.53 Å². The van der Waals surface area contributed by atoms with Crippen molar-refractivity contribution in [2.24, 2.45) is 5.92 Å². The van der Waals surface area contributed by atoms with E-state index < -0.39 is 18.0 Å². The molecule has 92 valence electrons. The summed E-state index contributed by atoms with van der Waals surface area (Å²) in [4.78, 5) is 11.6. The first kappa shape index (κ1) is 13.5. The molecule has 0 aliphatic heterocycles. The number of esters is 1. The summed E-state index contributed by atoms with van der Waals surface area (Å²) >= 11 is 0. The van der Waals surface area contributed by atoms with Gasteiger partial charge in [0.1, 0.15) is 5.92 Å². The van der Waals surface area contributed by atoms with Gasteiger partial charge in [0, 0.05) is 0 Å². The second kappa shape index (κ2) is 6.86. The molecule has 3 nitrogen and oxygen atoms in total. The van der Waals surface area contributed by atoms with Gasteiger partial charge in [-0.2, -0.15) is 0 Å². The molecule has 0 aliphatic rings. The van der Waals surface area contributed by atoms with Gasteiger partial charge in [-0.1, -0.05) is 49.4 Å². The van der Waals surface area contributed by atoms with Crippen molar-refractivity contribution < 1.29 is 14.6 Å². The molecule has 0 fully saturated rings. The second-order valence-corrected chi connectivity index (χ2v) is 3.74. The fourth-order valence-electron chi connectivity index (χ4n) is 1.59. The van der Waals surface area contributed by atoms with Gasteiger partial charge in [0.15, 0.2) is 0 Å². The van der Waals surface area contributed by atoms with E-state index >= 15 is 0 Å². The number of aliphatic hydroxyl groups is 1. The topological polar surface area (TPSA) is 46.5 Å². The minimum absolute atomic E-state index is 0.425. The number of hydrogen-bond donors (Lipinski definition) is 1. The Morgan fingerprint density at radius 2 is 2.06 bits per heavy atom. The smallest absolute Gasteiger partial charge is 0.315 e. The summed E-state index contributed by atoms with van der Waals surface area (Å²) < 4.78 is 4.70. The van der Waals surface area contributed by atoms with E-state index in [9.17, 15) is 9.90 Å². The number of ether oxygens (including phenoxy) is 1. The molecule has 0 heterocycles. The van der Waals surface area contributed by atoms with E-state index in [0.29, 0.717) is 5.56 Å². The van der Waals surface area contributed by atoms with Crippen LogP contribution in [0.3, 0.4) is 0 Å². The number of aliphatic hydroxyl groups excluding tert-OH is 1. The fraction of sp³-hybridized carbons (Fsp3) is 0.357. The third-order valence-electron chi connectivity index (χ3n) is 2.53. The van der Waals surface area contributed by atoms with Crippen LogP contribution in [0, 0.1) is 5.92 Å². The minimum Gasteiger partial charge on any atom is -0.468 e. The van der Waals surface area contributed by atoms with E-state index in [0.717, 1.165) is 6.42 Å². The molecule has 3 heteroatoms. The lowest BCUT2D eigenvalue weighted by Crippen LogP contribution is -2.21. The van der Waals surface area contributed by atoms with E-state index in [2.05, 4.69) is 0 Å². The van der Waals surface area contributed by atoms with Gasteiger partial charge >= 0.3 is 5.97 Å². The molecular formula is C14H18O3. The Bertz CT molecular complexity index is 370. The molecule has 17 heavy (non-hydrogen) atoms. The molecule has 0 radical (unpaired) electrons. The van der Waals surface area contributed by atoms with Crippen LogP contribution in [0.15, 0.2) is 42.5 Å². The van der Waals surface area contributed by atoms with Gasteiger partial charge in [-0.15, -0.1) is 0 Å². The van der Waals surface area contributed by atoms with E-state index in [1.54, 1.807) is 18.2 Å². The summed E-state index contributed by atoms with van der Waals surface area (Å²) in [7, 11) is 1.33. The Kier molecular flexibility index (Phi) is 5.43. The molecule has 0 aliphatic carbocycles. The van der Waals surface area contributed by atoms with Crippen LogP contribution in [0.25, 0.3) is 0 Å². The number of benzene rings is 1. The SMILES string of the molecule is CC/C=C/[C@H](C(=O)OC)[C@@H](O)c1ccccc1. The molecule has 1 aromatic rings. The predicted molar refractivity (Wildman–Crippen MR) is 66.3 cm³/mol. The average molecular weight is 234 g/mol. The first-order valence-corrected chi connectivity index (χ1v) is 5.68. The maximum atomic E-state index is 11.6. The van der Waals surface area contributed by atoms with Crippen molar-refractivity contribution in [1.29, 1.82) is 0 Å². The number of carbonyl (C=O) groups is 1. The summed E-state index contributed by atoms with van der Waals surface area (Å²) in [6, 6.07) is 9.11. The molecule has 0 aromatic heterocycles. The summed E-state index contributed by atoms with van der Waals surface area (Å²) in [5.74, 6) is -1.08. The second-order valence-electron chi connectivity index (χ2n) is 3.74. The first-order valence-electron chi connectivity index (χ1n) is 5.68. The Labute approximate surface area is 102 Å². The van der Waals surface area contributed by atoms with Crippen molar-refractivity contribution in [1.82, 2.24) is 0 Å². The normalized spacial score (nSPS) is 14.5. The van der Waals surface area contributed by atoms with E-state index in [4.69, 9.17) is 4.74 Å². The molecule has 0 unspecified atom stereocenters. The van der Waals surface area contributed by atoms with Crippen LogP contribution in [0.4, 0.5) is 0 Å². The number of methoxy groups -OCH3 is 1. The van der Waals surface area contributed by atoms with Gasteiger partial charge in [-0.05, 0) is 12.0 Å². The maximum Gasteiger partial charge on any atom is 0.315 e. The van der Waals surface area contributed by atoms with Crippen LogP contribution in [0.2, 0.25) is 0 Å². The van der Waals surface area contributed by atoms with Gasteiger partial charge < -0.3 is 9.84 Å². The lowest BCUT2D eigenvalue weighted by Gasteiger charge is -2.18. The maximum absolute atomic E-state index is 11.6. The Morgan fingerprint density at radius 1 is 1.41 bits per heavy atom. The molecular weight excluding hydrogens is 216 g/mol.